The maximum atomic E-state index is 12.8. The second-order valence-electron chi connectivity index (χ2n) is 5.54. The molecule has 2 N–H and O–H groups in total. The minimum Gasteiger partial charge on any atom is -0.506 e. The van der Waals surface area contributed by atoms with Gasteiger partial charge in [0.05, 0.1) is 16.1 Å². The van der Waals surface area contributed by atoms with E-state index in [1.807, 2.05) is 0 Å². The van der Waals surface area contributed by atoms with Gasteiger partial charge in [-0.1, -0.05) is 18.2 Å². The average Bonchev–Trinajstić information content (AvgIpc) is 2.59. The van der Waals surface area contributed by atoms with Gasteiger partial charge in [-0.15, -0.1) is 5.11 Å². The zero-order valence-electron chi connectivity index (χ0n) is 13.3. The van der Waals surface area contributed by atoms with E-state index in [1.54, 1.807) is 0 Å². The van der Waals surface area contributed by atoms with E-state index in [2.05, 4.69) is 10.2 Å². The van der Waals surface area contributed by atoms with E-state index in [0.29, 0.717) is 5.39 Å². The number of hydrogen-bond donors (Lipinski definition) is 2. The molecular formula is C17H11F3N2O4S. The fourth-order valence-electron chi connectivity index (χ4n) is 2.39. The van der Waals surface area contributed by atoms with Crippen LogP contribution in [0.3, 0.4) is 0 Å². The van der Waals surface area contributed by atoms with E-state index in [0.717, 1.165) is 24.3 Å². The number of fused-ring (bicyclic) bond motifs is 1. The lowest BCUT2D eigenvalue weighted by Crippen LogP contribution is -2.03. The van der Waals surface area contributed by atoms with Crippen molar-refractivity contribution in [2.45, 2.75) is 11.1 Å². The quantitative estimate of drug-likeness (QED) is 0.468. The van der Waals surface area contributed by atoms with Crippen LogP contribution in [-0.4, -0.2) is 18.1 Å². The van der Waals surface area contributed by atoms with Crippen LogP contribution >= 0.6 is 0 Å². The molecule has 0 atom stereocenters. The van der Waals surface area contributed by atoms with Gasteiger partial charge in [0.1, 0.15) is 11.4 Å². The SMILES string of the molecule is O=S(=O)(O)c1ccc2ccc(O)c(N=Nc3cccc(C(F)(F)F)c3)c2c1. The Morgan fingerprint density at radius 1 is 0.926 bits per heavy atom. The third-order valence-electron chi connectivity index (χ3n) is 3.68. The summed E-state index contributed by atoms with van der Waals surface area (Å²) in [5.74, 6) is -0.356. The molecule has 3 aromatic rings. The van der Waals surface area contributed by atoms with E-state index in [-0.39, 0.29) is 22.5 Å². The standard InChI is InChI=1S/C17H11F3N2O4S/c18-17(19,20)11-2-1-3-12(8-11)21-22-16-14-9-13(27(24,25)26)6-4-10(14)5-7-15(16)23/h1-9,23H,(H,24,25,26). The molecule has 0 spiro atoms. The Morgan fingerprint density at radius 2 is 1.63 bits per heavy atom. The molecule has 0 aliphatic carbocycles. The highest BCUT2D eigenvalue weighted by Gasteiger charge is 2.30. The molecule has 0 amide bonds. The first kappa shape index (κ1) is 18.8. The van der Waals surface area contributed by atoms with E-state index in [1.165, 1.54) is 30.3 Å². The molecule has 0 bridgehead atoms. The molecule has 0 saturated carbocycles. The van der Waals surface area contributed by atoms with Crippen LogP contribution in [0.2, 0.25) is 0 Å². The second-order valence-corrected chi connectivity index (χ2v) is 6.96. The van der Waals surface area contributed by atoms with Gasteiger partial charge in [0.25, 0.3) is 10.1 Å². The first-order valence-corrected chi connectivity index (χ1v) is 8.82. The highest BCUT2D eigenvalue weighted by Crippen LogP contribution is 2.38. The number of azo groups is 1. The number of benzene rings is 3. The molecule has 10 heteroatoms. The zero-order valence-corrected chi connectivity index (χ0v) is 14.2. The maximum absolute atomic E-state index is 12.8. The molecule has 3 aromatic carbocycles. The molecule has 0 radical (unpaired) electrons. The largest absolute Gasteiger partial charge is 0.506 e. The van der Waals surface area contributed by atoms with Crippen LogP contribution < -0.4 is 0 Å². The van der Waals surface area contributed by atoms with Gasteiger partial charge in [0.15, 0.2) is 0 Å². The summed E-state index contributed by atoms with van der Waals surface area (Å²) in [4.78, 5) is -0.420. The number of halogens is 3. The molecule has 0 aliphatic rings. The van der Waals surface area contributed by atoms with Gasteiger partial charge in [-0.05, 0) is 41.8 Å². The molecule has 0 unspecified atom stereocenters. The van der Waals surface area contributed by atoms with E-state index >= 15 is 0 Å². The summed E-state index contributed by atoms with van der Waals surface area (Å²) in [5, 5.41) is 18.1. The second kappa shape index (κ2) is 6.63. The van der Waals surface area contributed by atoms with Crippen molar-refractivity contribution in [2.75, 3.05) is 0 Å². The molecule has 27 heavy (non-hydrogen) atoms. The summed E-state index contributed by atoms with van der Waals surface area (Å²) in [7, 11) is -4.49. The summed E-state index contributed by atoms with van der Waals surface area (Å²) in [6.07, 6.45) is -4.54. The summed E-state index contributed by atoms with van der Waals surface area (Å²) in [6, 6.07) is 10.6. The van der Waals surface area contributed by atoms with Crippen molar-refractivity contribution in [3.63, 3.8) is 0 Å². The fraction of sp³-hybridized carbons (Fsp3) is 0.0588. The third-order valence-corrected chi connectivity index (χ3v) is 4.53. The molecule has 3 rings (SSSR count). The summed E-state index contributed by atoms with van der Waals surface area (Å²) in [5.41, 5.74) is -1.16. The first-order chi connectivity index (χ1) is 12.6. The van der Waals surface area contributed by atoms with Crippen LogP contribution in [0.15, 0.2) is 69.7 Å². The smallest absolute Gasteiger partial charge is 0.416 e. The number of phenols is 1. The molecule has 0 fully saturated rings. The number of rotatable bonds is 3. The Morgan fingerprint density at radius 3 is 2.30 bits per heavy atom. The maximum Gasteiger partial charge on any atom is 0.416 e. The van der Waals surface area contributed by atoms with Crippen molar-refractivity contribution in [3.05, 3.63) is 60.2 Å². The number of aromatic hydroxyl groups is 1. The lowest BCUT2D eigenvalue weighted by molar-refractivity contribution is -0.137. The Balaban J connectivity index is 2.11. The molecule has 0 aliphatic heterocycles. The van der Waals surface area contributed by atoms with Crippen LogP contribution in [0.4, 0.5) is 24.5 Å². The van der Waals surface area contributed by atoms with Crippen molar-refractivity contribution in [2.24, 2.45) is 10.2 Å². The van der Waals surface area contributed by atoms with Crippen LogP contribution in [-0.2, 0) is 16.3 Å². The summed E-state index contributed by atoms with van der Waals surface area (Å²) in [6.45, 7) is 0. The average molecular weight is 396 g/mol. The lowest BCUT2D eigenvalue weighted by atomic mass is 10.1. The fourth-order valence-corrected chi connectivity index (χ4v) is 2.90. The highest BCUT2D eigenvalue weighted by atomic mass is 32.2. The highest BCUT2D eigenvalue weighted by molar-refractivity contribution is 7.85. The van der Waals surface area contributed by atoms with Crippen molar-refractivity contribution >= 4 is 32.3 Å². The number of phenolic OH excluding ortho intramolecular Hbond substituents is 1. The van der Waals surface area contributed by atoms with Gasteiger partial charge < -0.3 is 5.11 Å². The lowest BCUT2D eigenvalue weighted by Gasteiger charge is -2.07. The monoisotopic (exact) mass is 396 g/mol. The van der Waals surface area contributed by atoms with Gasteiger partial charge in [-0.2, -0.15) is 26.7 Å². The topological polar surface area (TPSA) is 99.3 Å². The molecule has 6 nitrogen and oxygen atoms in total. The van der Waals surface area contributed by atoms with Crippen molar-refractivity contribution in [1.29, 1.82) is 0 Å². The summed E-state index contributed by atoms with van der Waals surface area (Å²) >= 11 is 0. The molecular weight excluding hydrogens is 385 g/mol. The number of hydrogen-bond acceptors (Lipinski definition) is 5. The Bertz CT molecular complexity index is 1160. The molecule has 0 heterocycles. The number of alkyl halides is 3. The van der Waals surface area contributed by atoms with Crippen LogP contribution in [0.1, 0.15) is 5.56 Å². The molecule has 140 valence electrons. The van der Waals surface area contributed by atoms with Gasteiger partial charge in [-0.3, -0.25) is 4.55 Å². The van der Waals surface area contributed by atoms with Crippen LogP contribution in [0, 0.1) is 0 Å². The zero-order chi connectivity index (χ0) is 19.8. The Hall–Kier alpha value is -2.98. The van der Waals surface area contributed by atoms with Gasteiger partial charge in [-0.25, -0.2) is 0 Å². The summed E-state index contributed by atoms with van der Waals surface area (Å²) < 4.78 is 70.1. The van der Waals surface area contributed by atoms with Gasteiger partial charge in [0, 0.05) is 5.39 Å². The predicted octanol–water partition coefficient (Wildman–Crippen LogP) is 5.23. The third kappa shape index (κ3) is 4.07. The van der Waals surface area contributed by atoms with Crippen molar-refractivity contribution in [1.82, 2.24) is 0 Å². The molecule has 0 saturated heterocycles. The van der Waals surface area contributed by atoms with Crippen molar-refractivity contribution < 1.29 is 31.2 Å². The van der Waals surface area contributed by atoms with Gasteiger partial charge >= 0.3 is 6.18 Å². The normalized spacial score (nSPS) is 12.7. The van der Waals surface area contributed by atoms with Crippen LogP contribution in [0.5, 0.6) is 5.75 Å². The predicted molar refractivity (Wildman–Crippen MR) is 91.0 cm³/mol. The van der Waals surface area contributed by atoms with E-state index < -0.39 is 26.8 Å². The molecule has 0 aromatic heterocycles. The van der Waals surface area contributed by atoms with E-state index in [4.69, 9.17) is 0 Å². The van der Waals surface area contributed by atoms with Gasteiger partial charge in [0.2, 0.25) is 0 Å². The Kier molecular flexibility index (Phi) is 4.62. The van der Waals surface area contributed by atoms with Crippen molar-refractivity contribution in [3.8, 4) is 5.75 Å². The number of nitrogens with zero attached hydrogens (tertiary/aromatic N) is 2. The van der Waals surface area contributed by atoms with E-state index in [9.17, 15) is 31.2 Å². The first-order valence-electron chi connectivity index (χ1n) is 7.38. The minimum atomic E-state index is -4.54. The Labute approximate surface area is 151 Å². The minimum absolute atomic E-state index is 0.104. The van der Waals surface area contributed by atoms with Crippen LogP contribution in [0.25, 0.3) is 10.8 Å².